The minimum atomic E-state index is 0.0834. The molecule has 0 aromatic heterocycles. The van der Waals surface area contributed by atoms with Gasteiger partial charge < -0.3 is 10.1 Å². The number of hydrogen-bond donors (Lipinski definition) is 1. The van der Waals surface area contributed by atoms with Gasteiger partial charge in [-0.15, -0.1) is 11.8 Å². The first-order chi connectivity index (χ1) is 9.74. The van der Waals surface area contributed by atoms with Crippen molar-refractivity contribution in [3.05, 3.63) is 28.7 Å². The van der Waals surface area contributed by atoms with Crippen LogP contribution in [0, 0.1) is 5.92 Å². The van der Waals surface area contributed by atoms with Gasteiger partial charge in [0.25, 0.3) is 0 Å². The molecule has 1 aliphatic rings. The normalized spacial score (nSPS) is 14.2. The molecule has 1 aromatic rings. The highest BCUT2D eigenvalue weighted by Crippen LogP contribution is 2.28. The second kappa shape index (κ2) is 8.70. The molecule has 0 bridgehead atoms. The van der Waals surface area contributed by atoms with E-state index in [1.807, 2.05) is 24.3 Å². The number of ether oxygens (including phenoxy) is 1. The highest BCUT2D eigenvalue weighted by Gasteiger charge is 2.20. The van der Waals surface area contributed by atoms with Crippen molar-refractivity contribution in [3.8, 4) is 0 Å². The third kappa shape index (κ3) is 6.77. The molecule has 5 heteroatoms. The summed E-state index contributed by atoms with van der Waals surface area (Å²) in [4.78, 5) is 12.8. The van der Waals surface area contributed by atoms with Gasteiger partial charge in [-0.05, 0) is 49.4 Å². The predicted octanol–water partition coefficient (Wildman–Crippen LogP) is 3.47. The van der Waals surface area contributed by atoms with Gasteiger partial charge in [0, 0.05) is 29.1 Å². The molecule has 1 aliphatic carbocycles. The van der Waals surface area contributed by atoms with Gasteiger partial charge in [-0.3, -0.25) is 4.79 Å². The number of nitrogens with one attached hydrogen (secondary N) is 1. The lowest BCUT2D eigenvalue weighted by Crippen LogP contribution is -2.26. The van der Waals surface area contributed by atoms with E-state index in [0.717, 1.165) is 34.9 Å². The Bertz CT molecular complexity index is 420. The van der Waals surface area contributed by atoms with E-state index in [-0.39, 0.29) is 5.91 Å². The van der Waals surface area contributed by atoms with Crippen LogP contribution in [0.4, 0.5) is 0 Å². The van der Waals surface area contributed by atoms with Crippen LogP contribution in [-0.4, -0.2) is 31.4 Å². The largest absolute Gasteiger partial charge is 0.381 e. The van der Waals surface area contributed by atoms with Crippen LogP contribution in [-0.2, 0) is 9.53 Å². The van der Waals surface area contributed by atoms with Crippen LogP contribution in [0.5, 0.6) is 0 Å². The van der Waals surface area contributed by atoms with Crippen molar-refractivity contribution in [1.82, 2.24) is 5.32 Å². The zero-order valence-electron chi connectivity index (χ0n) is 11.4. The molecule has 1 fully saturated rings. The molecule has 0 aliphatic heterocycles. The van der Waals surface area contributed by atoms with Gasteiger partial charge in [-0.25, -0.2) is 0 Å². The van der Waals surface area contributed by atoms with Gasteiger partial charge in [0.15, 0.2) is 0 Å². The molecule has 0 saturated heterocycles. The number of carbonyl (C=O) groups excluding carboxylic acids is 1. The molecule has 1 saturated carbocycles. The topological polar surface area (TPSA) is 38.3 Å². The fourth-order valence-electron chi connectivity index (χ4n) is 1.67. The minimum absolute atomic E-state index is 0.0834. The summed E-state index contributed by atoms with van der Waals surface area (Å²) < 4.78 is 6.57. The summed E-state index contributed by atoms with van der Waals surface area (Å²) in [5.74, 6) is 1.36. The number of halogens is 1. The van der Waals surface area contributed by atoms with Gasteiger partial charge >= 0.3 is 0 Å². The molecule has 20 heavy (non-hydrogen) atoms. The summed E-state index contributed by atoms with van der Waals surface area (Å²) in [7, 11) is 0. The van der Waals surface area contributed by atoms with E-state index in [4.69, 9.17) is 4.74 Å². The highest BCUT2D eigenvalue weighted by atomic mass is 79.9. The summed E-state index contributed by atoms with van der Waals surface area (Å²) >= 11 is 4.95. The van der Waals surface area contributed by atoms with Crippen LogP contribution in [0.2, 0.25) is 0 Å². The van der Waals surface area contributed by atoms with Crippen LogP contribution >= 0.6 is 27.7 Å². The second-order valence-electron chi connectivity index (χ2n) is 4.96. The first-order valence-corrected chi connectivity index (χ1v) is 8.75. The van der Waals surface area contributed by atoms with Crippen molar-refractivity contribution in [1.29, 1.82) is 0 Å². The van der Waals surface area contributed by atoms with Gasteiger partial charge in [-0.1, -0.05) is 15.9 Å². The number of thioether (sulfide) groups is 1. The Morgan fingerprint density at radius 1 is 1.35 bits per heavy atom. The molecule has 0 radical (unpaired) electrons. The van der Waals surface area contributed by atoms with E-state index < -0.39 is 0 Å². The molecule has 2 rings (SSSR count). The third-order valence-corrected chi connectivity index (χ3v) is 4.56. The lowest BCUT2D eigenvalue weighted by Gasteiger charge is -2.06. The Kier molecular flexibility index (Phi) is 6.90. The second-order valence-corrected chi connectivity index (χ2v) is 6.93. The average molecular weight is 358 g/mol. The van der Waals surface area contributed by atoms with Crippen molar-refractivity contribution in [2.24, 2.45) is 5.92 Å². The van der Waals surface area contributed by atoms with Gasteiger partial charge in [0.1, 0.15) is 0 Å². The standard InChI is InChI=1S/C15H20BrNO2S/c16-13-4-6-14(7-5-13)20-11-15(18)17-8-1-9-19-10-12-2-3-12/h4-7,12H,1-3,8-11H2,(H,17,18). The van der Waals surface area contributed by atoms with Gasteiger partial charge in [-0.2, -0.15) is 0 Å². The Labute approximate surface area is 133 Å². The number of benzene rings is 1. The van der Waals surface area contributed by atoms with Crippen molar-refractivity contribution >= 4 is 33.6 Å². The maximum atomic E-state index is 11.7. The van der Waals surface area contributed by atoms with Gasteiger partial charge in [0.05, 0.1) is 5.75 Å². The number of rotatable bonds is 9. The van der Waals surface area contributed by atoms with E-state index in [2.05, 4.69) is 21.2 Å². The highest BCUT2D eigenvalue weighted by molar-refractivity contribution is 9.10. The van der Waals surface area contributed by atoms with E-state index >= 15 is 0 Å². The molecule has 1 amide bonds. The summed E-state index contributed by atoms with van der Waals surface area (Å²) in [6.45, 7) is 2.34. The summed E-state index contributed by atoms with van der Waals surface area (Å²) in [5.41, 5.74) is 0. The molecule has 1 aromatic carbocycles. The van der Waals surface area contributed by atoms with Crippen molar-refractivity contribution in [3.63, 3.8) is 0 Å². The molecule has 0 spiro atoms. The fourth-order valence-corrected chi connectivity index (χ4v) is 2.66. The molecule has 0 atom stereocenters. The van der Waals surface area contributed by atoms with Crippen LogP contribution < -0.4 is 5.32 Å². The fraction of sp³-hybridized carbons (Fsp3) is 0.533. The summed E-state index contributed by atoms with van der Waals surface area (Å²) in [6, 6.07) is 7.98. The van der Waals surface area contributed by atoms with Gasteiger partial charge in [0.2, 0.25) is 5.91 Å². The lowest BCUT2D eigenvalue weighted by atomic mass is 10.4. The molecule has 1 N–H and O–H groups in total. The zero-order valence-corrected chi connectivity index (χ0v) is 13.8. The van der Waals surface area contributed by atoms with Crippen LogP contribution in [0.1, 0.15) is 19.3 Å². The average Bonchev–Trinajstić information content (AvgIpc) is 3.26. The summed E-state index contributed by atoms with van der Waals surface area (Å²) in [6.07, 6.45) is 3.54. The third-order valence-electron chi connectivity index (χ3n) is 3.02. The van der Waals surface area contributed by atoms with E-state index in [1.54, 1.807) is 11.8 Å². The minimum Gasteiger partial charge on any atom is -0.381 e. The Morgan fingerprint density at radius 2 is 2.10 bits per heavy atom. The first kappa shape index (κ1) is 15.9. The summed E-state index contributed by atoms with van der Waals surface area (Å²) in [5, 5.41) is 2.92. The monoisotopic (exact) mass is 357 g/mol. The van der Waals surface area contributed by atoms with Crippen LogP contribution in [0.3, 0.4) is 0 Å². The molecule has 0 unspecified atom stereocenters. The quantitative estimate of drug-likeness (QED) is 0.543. The Balaban J connectivity index is 1.48. The molecule has 0 heterocycles. The Morgan fingerprint density at radius 3 is 2.80 bits per heavy atom. The molecule has 110 valence electrons. The van der Waals surface area contributed by atoms with E-state index in [9.17, 15) is 4.79 Å². The maximum absolute atomic E-state index is 11.7. The van der Waals surface area contributed by atoms with Crippen LogP contribution in [0.15, 0.2) is 33.6 Å². The number of hydrogen-bond acceptors (Lipinski definition) is 3. The maximum Gasteiger partial charge on any atom is 0.230 e. The first-order valence-electron chi connectivity index (χ1n) is 6.97. The molecular weight excluding hydrogens is 338 g/mol. The van der Waals surface area contributed by atoms with Crippen molar-refractivity contribution in [2.45, 2.75) is 24.2 Å². The van der Waals surface area contributed by atoms with Crippen LogP contribution in [0.25, 0.3) is 0 Å². The molecule has 3 nitrogen and oxygen atoms in total. The number of carbonyl (C=O) groups is 1. The SMILES string of the molecule is O=C(CSc1ccc(Br)cc1)NCCCOCC1CC1. The molecular formula is C15H20BrNO2S. The number of amides is 1. The predicted molar refractivity (Wildman–Crippen MR) is 86.0 cm³/mol. The lowest BCUT2D eigenvalue weighted by molar-refractivity contribution is -0.118. The van der Waals surface area contributed by atoms with E-state index in [1.165, 1.54) is 12.8 Å². The Hall–Kier alpha value is -0.520. The van der Waals surface area contributed by atoms with E-state index in [0.29, 0.717) is 12.3 Å². The zero-order chi connectivity index (χ0) is 14.2. The smallest absolute Gasteiger partial charge is 0.230 e. The van der Waals surface area contributed by atoms with Crippen molar-refractivity contribution < 1.29 is 9.53 Å². The van der Waals surface area contributed by atoms with Crippen molar-refractivity contribution in [2.75, 3.05) is 25.5 Å².